The van der Waals surface area contributed by atoms with Crippen molar-refractivity contribution in [1.82, 2.24) is 20.9 Å². The summed E-state index contributed by atoms with van der Waals surface area (Å²) in [5.41, 5.74) is 4.35. The van der Waals surface area contributed by atoms with Crippen LogP contribution in [-0.2, 0) is 13.1 Å². The second-order valence-electron chi connectivity index (χ2n) is 7.78. The minimum atomic E-state index is -0.0579. The van der Waals surface area contributed by atoms with Crippen molar-refractivity contribution in [2.75, 3.05) is 33.2 Å². The van der Waals surface area contributed by atoms with Gasteiger partial charge in [0.05, 0.1) is 0 Å². The molecule has 7 heteroatoms. The zero-order valence-corrected chi connectivity index (χ0v) is 20.8. The first kappa shape index (κ1) is 25.1. The Kier molecular flexibility index (Phi) is 10.8. The smallest absolute Gasteiger partial charge is 0.251 e. The Morgan fingerprint density at radius 3 is 2.32 bits per heavy atom. The number of hydrogen-bond acceptors (Lipinski definition) is 3. The number of halogens is 1. The van der Waals surface area contributed by atoms with Crippen LogP contribution in [0.3, 0.4) is 0 Å². The van der Waals surface area contributed by atoms with E-state index in [1.54, 1.807) is 7.05 Å². The highest BCUT2D eigenvalue weighted by Gasteiger charge is 2.11. The molecule has 1 aliphatic heterocycles. The number of aryl methyl sites for hydroxylation is 1. The molecular weight excluding hydrogens is 501 g/mol. The highest BCUT2D eigenvalue weighted by Crippen LogP contribution is 2.13. The number of carbonyl (C=O) groups excluding carboxylic acids is 1. The van der Waals surface area contributed by atoms with Gasteiger partial charge in [0.25, 0.3) is 5.91 Å². The number of likely N-dealkylation sites (tertiary alicyclic amines) is 1. The number of carbonyl (C=O) groups is 1. The van der Waals surface area contributed by atoms with Crippen LogP contribution in [0, 0.1) is 6.92 Å². The van der Waals surface area contributed by atoms with Gasteiger partial charge in [0.1, 0.15) is 0 Å². The van der Waals surface area contributed by atoms with Gasteiger partial charge in [-0.15, -0.1) is 24.0 Å². The normalized spacial score (nSPS) is 14.1. The van der Waals surface area contributed by atoms with Crippen LogP contribution < -0.4 is 16.0 Å². The van der Waals surface area contributed by atoms with Crippen LogP contribution >= 0.6 is 24.0 Å². The van der Waals surface area contributed by atoms with E-state index in [4.69, 9.17) is 0 Å². The average Bonchev–Trinajstić information content (AvgIpc) is 3.27. The maximum absolute atomic E-state index is 12.2. The fraction of sp³-hybridized carbons (Fsp3) is 0.417. The molecule has 1 fully saturated rings. The molecule has 1 aliphatic rings. The number of amides is 1. The Morgan fingerprint density at radius 2 is 1.65 bits per heavy atom. The van der Waals surface area contributed by atoms with Gasteiger partial charge < -0.3 is 16.0 Å². The van der Waals surface area contributed by atoms with Gasteiger partial charge in [0.2, 0.25) is 0 Å². The van der Waals surface area contributed by atoms with Crippen molar-refractivity contribution in [1.29, 1.82) is 0 Å². The van der Waals surface area contributed by atoms with Crippen molar-refractivity contribution in [3.05, 3.63) is 70.8 Å². The number of rotatable bonds is 8. The highest BCUT2D eigenvalue weighted by atomic mass is 127. The first-order valence-corrected chi connectivity index (χ1v) is 10.7. The third-order valence-electron chi connectivity index (χ3n) is 5.29. The van der Waals surface area contributed by atoms with E-state index in [1.165, 1.54) is 37.1 Å². The van der Waals surface area contributed by atoms with Crippen molar-refractivity contribution in [3.8, 4) is 0 Å². The molecule has 1 heterocycles. The Balaban J connectivity index is 0.00000341. The van der Waals surface area contributed by atoms with Gasteiger partial charge in [0, 0.05) is 38.8 Å². The first-order chi connectivity index (χ1) is 14.6. The Bertz CT molecular complexity index is 847. The molecular formula is C24H34IN5O. The fourth-order valence-electron chi connectivity index (χ4n) is 3.61. The molecule has 1 amide bonds. The van der Waals surface area contributed by atoms with Crippen molar-refractivity contribution >= 4 is 35.8 Å². The van der Waals surface area contributed by atoms with Crippen LogP contribution in [0.15, 0.2) is 53.5 Å². The largest absolute Gasteiger partial charge is 0.355 e. The molecule has 3 N–H and O–H groups in total. The molecule has 0 bridgehead atoms. The number of aliphatic imine (C=N–C) groups is 1. The van der Waals surface area contributed by atoms with Gasteiger partial charge in [-0.25, -0.2) is 0 Å². The summed E-state index contributed by atoms with van der Waals surface area (Å²) >= 11 is 0. The molecule has 0 aliphatic carbocycles. The topological polar surface area (TPSA) is 68.8 Å². The molecule has 0 atom stereocenters. The summed E-state index contributed by atoms with van der Waals surface area (Å²) in [5, 5.41) is 9.48. The molecule has 2 aromatic carbocycles. The first-order valence-electron chi connectivity index (χ1n) is 10.7. The predicted octanol–water partition coefficient (Wildman–Crippen LogP) is 3.30. The summed E-state index contributed by atoms with van der Waals surface area (Å²) in [6.07, 6.45) is 2.65. The molecule has 2 aromatic rings. The molecule has 0 saturated carbocycles. The minimum Gasteiger partial charge on any atom is -0.355 e. The van der Waals surface area contributed by atoms with Crippen molar-refractivity contribution in [3.63, 3.8) is 0 Å². The lowest BCUT2D eigenvalue weighted by molar-refractivity contribution is 0.0954. The lowest BCUT2D eigenvalue weighted by atomic mass is 10.1. The zero-order valence-electron chi connectivity index (χ0n) is 18.5. The Hall–Kier alpha value is -2.13. The second kappa shape index (κ2) is 13.3. The Morgan fingerprint density at radius 1 is 0.968 bits per heavy atom. The van der Waals surface area contributed by atoms with Crippen LogP contribution in [0.5, 0.6) is 0 Å². The van der Waals surface area contributed by atoms with Crippen molar-refractivity contribution in [2.45, 2.75) is 32.9 Å². The van der Waals surface area contributed by atoms with Crippen molar-refractivity contribution < 1.29 is 4.79 Å². The summed E-state index contributed by atoms with van der Waals surface area (Å²) < 4.78 is 0. The quantitative estimate of drug-likeness (QED) is 0.210. The number of guanidine groups is 1. The molecule has 1 saturated heterocycles. The van der Waals surface area contributed by atoms with Gasteiger partial charge >= 0.3 is 0 Å². The van der Waals surface area contributed by atoms with Crippen LogP contribution in [-0.4, -0.2) is 50.0 Å². The molecule has 168 valence electrons. The maximum atomic E-state index is 12.2. The molecule has 6 nitrogen and oxygen atoms in total. The highest BCUT2D eigenvalue weighted by molar-refractivity contribution is 14.0. The fourth-order valence-corrected chi connectivity index (χ4v) is 3.61. The van der Waals surface area contributed by atoms with Crippen LogP contribution in [0.4, 0.5) is 0 Å². The van der Waals surface area contributed by atoms with E-state index in [2.05, 4.69) is 50.1 Å². The zero-order chi connectivity index (χ0) is 21.2. The van der Waals surface area contributed by atoms with Crippen LogP contribution in [0.2, 0.25) is 0 Å². The molecule has 0 aromatic heterocycles. The lowest BCUT2D eigenvalue weighted by Gasteiger charge is -2.15. The van der Waals surface area contributed by atoms with Crippen molar-refractivity contribution in [2.24, 2.45) is 4.99 Å². The van der Waals surface area contributed by atoms with Gasteiger partial charge in [-0.05, 0) is 56.1 Å². The Labute approximate surface area is 202 Å². The standard InChI is InChI=1S/C24H33N5O.HI/c1-19-6-5-7-22(16-19)23(30)26-12-13-27-24(25-2)28-17-20-8-10-21(11-9-20)18-29-14-3-4-15-29;/h5-11,16H,3-4,12-15,17-18H2,1-2H3,(H,26,30)(H2,25,27,28);1H. The summed E-state index contributed by atoms with van der Waals surface area (Å²) in [7, 11) is 1.75. The molecule has 31 heavy (non-hydrogen) atoms. The summed E-state index contributed by atoms with van der Waals surface area (Å²) in [6.45, 7) is 7.30. The lowest BCUT2D eigenvalue weighted by Crippen LogP contribution is -2.41. The molecule has 0 spiro atoms. The molecule has 0 unspecified atom stereocenters. The number of benzene rings is 2. The van der Waals surface area contributed by atoms with Crippen LogP contribution in [0.25, 0.3) is 0 Å². The average molecular weight is 535 g/mol. The molecule has 3 rings (SSSR count). The van der Waals surface area contributed by atoms with E-state index in [-0.39, 0.29) is 29.9 Å². The van der Waals surface area contributed by atoms with E-state index < -0.39 is 0 Å². The second-order valence-corrected chi connectivity index (χ2v) is 7.78. The van der Waals surface area contributed by atoms with E-state index in [0.717, 1.165) is 18.1 Å². The van der Waals surface area contributed by atoms with E-state index in [1.807, 2.05) is 31.2 Å². The minimum absolute atomic E-state index is 0. The van der Waals surface area contributed by atoms with E-state index in [9.17, 15) is 4.79 Å². The number of nitrogens with zero attached hydrogens (tertiary/aromatic N) is 2. The van der Waals surface area contributed by atoms with Gasteiger partial charge in [-0.3, -0.25) is 14.7 Å². The monoisotopic (exact) mass is 535 g/mol. The van der Waals surface area contributed by atoms with E-state index >= 15 is 0 Å². The van der Waals surface area contributed by atoms with Gasteiger partial charge in [-0.2, -0.15) is 0 Å². The summed E-state index contributed by atoms with van der Waals surface area (Å²) in [6, 6.07) is 16.4. The van der Waals surface area contributed by atoms with E-state index in [0.29, 0.717) is 25.2 Å². The molecule has 0 radical (unpaired) electrons. The summed E-state index contributed by atoms with van der Waals surface area (Å²) in [5.74, 6) is 0.665. The SMILES string of the molecule is CN=C(NCCNC(=O)c1cccc(C)c1)NCc1ccc(CN2CCCC2)cc1.I. The number of nitrogens with one attached hydrogen (secondary N) is 3. The number of hydrogen-bond donors (Lipinski definition) is 3. The maximum Gasteiger partial charge on any atom is 0.251 e. The predicted molar refractivity (Wildman–Crippen MR) is 138 cm³/mol. The van der Waals surface area contributed by atoms with Crippen LogP contribution in [0.1, 0.15) is 39.9 Å². The third kappa shape index (κ3) is 8.49. The van der Waals surface area contributed by atoms with Gasteiger partial charge in [0.15, 0.2) is 5.96 Å². The summed E-state index contributed by atoms with van der Waals surface area (Å²) in [4.78, 5) is 18.9. The third-order valence-corrected chi connectivity index (χ3v) is 5.29. The van der Waals surface area contributed by atoms with Gasteiger partial charge in [-0.1, -0.05) is 42.0 Å².